The van der Waals surface area contributed by atoms with E-state index in [9.17, 15) is 18.4 Å². The Bertz CT molecular complexity index is 685. The summed E-state index contributed by atoms with van der Waals surface area (Å²) in [7, 11) is 0. The van der Waals surface area contributed by atoms with E-state index in [0.29, 0.717) is 39.1 Å². The van der Waals surface area contributed by atoms with Gasteiger partial charge in [-0.25, -0.2) is 13.6 Å². The van der Waals surface area contributed by atoms with Crippen LogP contribution in [0, 0.1) is 11.6 Å². The Kier molecular flexibility index (Phi) is 6.10. The third-order valence-electron chi connectivity index (χ3n) is 4.57. The number of carbonyl (C=O) groups is 2. The molecule has 27 heavy (non-hydrogen) atoms. The Balaban J connectivity index is 1.73. The largest absolute Gasteiger partial charge is 0.442 e. The molecule has 1 aromatic carbocycles. The van der Waals surface area contributed by atoms with Crippen LogP contribution in [-0.2, 0) is 14.3 Å². The van der Waals surface area contributed by atoms with E-state index < -0.39 is 23.8 Å². The van der Waals surface area contributed by atoms with Gasteiger partial charge >= 0.3 is 6.09 Å². The first-order valence-corrected chi connectivity index (χ1v) is 9.06. The van der Waals surface area contributed by atoms with Crippen LogP contribution in [-0.4, -0.2) is 57.5 Å². The molecule has 2 aliphatic rings. The molecule has 0 aliphatic carbocycles. The lowest BCUT2D eigenvalue weighted by Gasteiger charge is -2.24. The first kappa shape index (κ1) is 19.3. The molecule has 148 valence electrons. The molecule has 0 spiro atoms. The summed E-state index contributed by atoms with van der Waals surface area (Å²) in [4.78, 5) is 26.2. The molecule has 0 bridgehead atoms. The minimum absolute atomic E-state index is 0.0918. The summed E-state index contributed by atoms with van der Waals surface area (Å²) in [5, 5.41) is 2.64. The van der Waals surface area contributed by atoms with Crippen LogP contribution < -0.4 is 15.1 Å². The van der Waals surface area contributed by atoms with Crippen LogP contribution in [0.2, 0.25) is 0 Å². The number of nitrogens with one attached hydrogen (secondary N) is 1. The van der Waals surface area contributed by atoms with E-state index in [2.05, 4.69) is 5.32 Å². The van der Waals surface area contributed by atoms with Crippen LogP contribution in [0.1, 0.15) is 19.8 Å². The monoisotopic (exact) mass is 383 g/mol. The number of cyclic esters (lactones) is 1. The zero-order chi connectivity index (χ0) is 19.4. The molecule has 2 heterocycles. The lowest BCUT2D eigenvalue weighted by molar-refractivity contribution is -0.121. The molecular formula is C18H23F2N3O4. The zero-order valence-electron chi connectivity index (χ0n) is 15.2. The molecule has 3 rings (SSSR count). The van der Waals surface area contributed by atoms with Crippen molar-refractivity contribution >= 4 is 23.4 Å². The number of nitrogens with zero attached hydrogens (tertiary/aromatic N) is 2. The lowest BCUT2D eigenvalue weighted by Crippen LogP contribution is -2.34. The average Bonchev–Trinajstić information content (AvgIpc) is 2.82. The lowest BCUT2D eigenvalue weighted by atomic mass is 10.2. The van der Waals surface area contributed by atoms with Crippen molar-refractivity contribution in [2.24, 2.45) is 0 Å². The highest BCUT2D eigenvalue weighted by Crippen LogP contribution is 2.31. The zero-order valence-corrected chi connectivity index (χ0v) is 15.2. The van der Waals surface area contributed by atoms with Crippen molar-refractivity contribution in [1.82, 2.24) is 5.32 Å². The number of anilines is 2. The van der Waals surface area contributed by atoms with Crippen LogP contribution in [0.3, 0.4) is 0 Å². The van der Waals surface area contributed by atoms with Crippen molar-refractivity contribution in [3.05, 3.63) is 23.8 Å². The molecule has 2 amide bonds. The molecule has 2 saturated heterocycles. The van der Waals surface area contributed by atoms with E-state index in [0.717, 1.165) is 12.1 Å². The second-order valence-electron chi connectivity index (χ2n) is 6.48. The minimum atomic E-state index is -0.734. The molecule has 1 N–H and O–H groups in total. The Labute approximate surface area is 156 Å². The van der Waals surface area contributed by atoms with E-state index >= 15 is 0 Å². The molecule has 2 aliphatic heterocycles. The van der Waals surface area contributed by atoms with Gasteiger partial charge in [-0.05, 0) is 6.42 Å². The van der Waals surface area contributed by atoms with Crippen molar-refractivity contribution in [1.29, 1.82) is 0 Å². The SMILES string of the molecule is CCC(=O)NC[C@H]1CN(c2cc(F)c(N3CCCOCC3)c(F)c2)C(=O)O1. The molecule has 1 aromatic rings. The second kappa shape index (κ2) is 8.51. The number of hydrogen-bond donors (Lipinski definition) is 1. The van der Waals surface area contributed by atoms with Gasteiger partial charge in [0.2, 0.25) is 5.91 Å². The van der Waals surface area contributed by atoms with E-state index in [1.165, 1.54) is 4.90 Å². The Morgan fingerprint density at radius 3 is 2.70 bits per heavy atom. The molecule has 1 atom stereocenters. The summed E-state index contributed by atoms with van der Waals surface area (Å²) in [5.74, 6) is -1.63. The summed E-state index contributed by atoms with van der Waals surface area (Å²) in [6.45, 7) is 3.85. The quantitative estimate of drug-likeness (QED) is 0.843. The Hall–Kier alpha value is -2.42. The number of benzene rings is 1. The van der Waals surface area contributed by atoms with E-state index in [1.54, 1.807) is 11.8 Å². The Morgan fingerprint density at radius 1 is 1.26 bits per heavy atom. The molecule has 0 saturated carbocycles. The van der Waals surface area contributed by atoms with Gasteiger partial charge in [-0.1, -0.05) is 6.92 Å². The van der Waals surface area contributed by atoms with Crippen LogP contribution >= 0.6 is 0 Å². The maximum absolute atomic E-state index is 14.6. The van der Waals surface area contributed by atoms with Crippen molar-refractivity contribution in [2.75, 3.05) is 49.2 Å². The van der Waals surface area contributed by atoms with Crippen LogP contribution in [0.5, 0.6) is 0 Å². The van der Waals surface area contributed by atoms with Gasteiger partial charge in [0.05, 0.1) is 25.4 Å². The standard InChI is InChI=1S/C18H23F2N3O4/c1-2-16(24)21-10-13-11-23(18(25)27-13)12-8-14(19)17(15(20)9-12)22-4-3-6-26-7-5-22/h8-9,13H,2-7,10-11H2,1H3,(H,21,24)/t13-/m0/s1. The summed E-state index contributed by atoms with van der Waals surface area (Å²) < 4.78 is 39.8. The fourth-order valence-corrected chi connectivity index (χ4v) is 3.17. The summed E-state index contributed by atoms with van der Waals surface area (Å²) in [6, 6.07) is 2.27. The van der Waals surface area contributed by atoms with Gasteiger partial charge in [0.15, 0.2) is 11.6 Å². The molecule has 2 fully saturated rings. The van der Waals surface area contributed by atoms with Gasteiger partial charge in [-0.15, -0.1) is 0 Å². The van der Waals surface area contributed by atoms with Crippen molar-refractivity contribution < 1.29 is 27.8 Å². The number of halogens is 2. The molecule has 7 nitrogen and oxygen atoms in total. The maximum Gasteiger partial charge on any atom is 0.414 e. The highest BCUT2D eigenvalue weighted by molar-refractivity contribution is 5.90. The topological polar surface area (TPSA) is 71.1 Å². The minimum Gasteiger partial charge on any atom is -0.442 e. The molecular weight excluding hydrogens is 360 g/mol. The molecule has 9 heteroatoms. The van der Waals surface area contributed by atoms with Gasteiger partial charge < -0.3 is 19.7 Å². The van der Waals surface area contributed by atoms with Crippen molar-refractivity contribution in [3.8, 4) is 0 Å². The summed E-state index contributed by atoms with van der Waals surface area (Å²) in [6.07, 6.45) is -0.254. The van der Waals surface area contributed by atoms with Gasteiger partial charge in [0, 0.05) is 38.2 Å². The number of carbonyl (C=O) groups excluding carboxylic acids is 2. The predicted octanol–water partition coefficient (Wildman–Crippen LogP) is 2.04. The number of hydrogen-bond acceptors (Lipinski definition) is 5. The van der Waals surface area contributed by atoms with Crippen LogP contribution in [0.25, 0.3) is 0 Å². The third kappa shape index (κ3) is 4.47. The predicted molar refractivity (Wildman–Crippen MR) is 94.9 cm³/mol. The highest BCUT2D eigenvalue weighted by atomic mass is 19.1. The van der Waals surface area contributed by atoms with Gasteiger partial charge in [0.1, 0.15) is 11.8 Å². The van der Waals surface area contributed by atoms with Gasteiger partial charge in [-0.2, -0.15) is 0 Å². The maximum atomic E-state index is 14.6. The van der Waals surface area contributed by atoms with Crippen LogP contribution in [0.15, 0.2) is 12.1 Å². The number of ether oxygens (including phenoxy) is 2. The highest BCUT2D eigenvalue weighted by Gasteiger charge is 2.33. The summed E-state index contributed by atoms with van der Waals surface area (Å²) in [5.41, 5.74) is -0.0160. The van der Waals surface area contributed by atoms with Crippen molar-refractivity contribution in [2.45, 2.75) is 25.9 Å². The Morgan fingerprint density at radius 2 is 2.00 bits per heavy atom. The van der Waals surface area contributed by atoms with Crippen molar-refractivity contribution in [3.63, 3.8) is 0 Å². The van der Waals surface area contributed by atoms with Gasteiger partial charge in [-0.3, -0.25) is 9.69 Å². The number of amides is 2. The second-order valence-corrected chi connectivity index (χ2v) is 6.48. The van der Waals surface area contributed by atoms with Crippen LogP contribution in [0.4, 0.5) is 25.0 Å². The number of rotatable bonds is 5. The first-order valence-electron chi connectivity index (χ1n) is 9.06. The van der Waals surface area contributed by atoms with Gasteiger partial charge in [0.25, 0.3) is 0 Å². The molecule has 0 aromatic heterocycles. The smallest absolute Gasteiger partial charge is 0.414 e. The first-order chi connectivity index (χ1) is 13.0. The van der Waals surface area contributed by atoms with E-state index in [4.69, 9.17) is 9.47 Å². The fraction of sp³-hybridized carbons (Fsp3) is 0.556. The van der Waals surface area contributed by atoms with E-state index in [-0.39, 0.29) is 30.4 Å². The summed E-state index contributed by atoms with van der Waals surface area (Å²) >= 11 is 0. The molecule has 0 unspecified atom stereocenters. The normalized spacial score (nSPS) is 20.4. The van der Waals surface area contributed by atoms with E-state index in [1.807, 2.05) is 0 Å². The third-order valence-corrected chi connectivity index (χ3v) is 4.57. The average molecular weight is 383 g/mol. The fourth-order valence-electron chi connectivity index (χ4n) is 3.17. The molecule has 0 radical (unpaired) electrons.